The topological polar surface area (TPSA) is 81.3 Å². The van der Waals surface area contributed by atoms with Gasteiger partial charge in [0, 0.05) is 6.04 Å². The molecule has 0 aliphatic heterocycles. The molecule has 0 aromatic heterocycles. The van der Waals surface area contributed by atoms with E-state index in [1.807, 2.05) is 0 Å². The predicted octanol–water partition coefficient (Wildman–Crippen LogP) is 9.82. The van der Waals surface area contributed by atoms with Crippen LogP contribution in [0.4, 0.5) is 0 Å². The van der Waals surface area contributed by atoms with Crippen LogP contribution in [-0.4, -0.2) is 36.7 Å². The Labute approximate surface area is 247 Å². The van der Waals surface area contributed by atoms with Gasteiger partial charge < -0.3 is 17.2 Å². The van der Waals surface area contributed by atoms with E-state index in [1.165, 1.54) is 148 Å². The van der Waals surface area contributed by atoms with Crippen molar-refractivity contribution in [2.24, 2.45) is 17.2 Å². The second kappa shape index (κ2) is 32.4. The first kappa shape index (κ1) is 38.8. The van der Waals surface area contributed by atoms with E-state index >= 15 is 0 Å². The molecule has 2 unspecified atom stereocenters. The average Bonchev–Trinajstić information content (AvgIpc) is 2.94. The maximum atomic E-state index is 6.69. The van der Waals surface area contributed by atoms with Crippen molar-refractivity contribution in [3.8, 4) is 0 Å². The molecule has 0 saturated carbocycles. The molecule has 0 radical (unpaired) electrons. The first-order valence-corrected chi connectivity index (χ1v) is 18.1. The van der Waals surface area contributed by atoms with Crippen molar-refractivity contribution in [1.82, 2.24) is 4.90 Å². The van der Waals surface area contributed by atoms with Crippen molar-refractivity contribution in [1.29, 1.82) is 0 Å². The highest BCUT2D eigenvalue weighted by Crippen LogP contribution is 2.16. The van der Waals surface area contributed by atoms with Crippen LogP contribution in [-0.2, 0) is 0 Å². The number of unbranched alkanes of at least 4 members (excludes halogenated alkanes) is 22. The minimum absolute atomic E-state index is 0.152. The van der Waals surface area contributed by atoms with Crippen LogP contribution in [0, 0.1) is 0 Å². The van der Waals surface area contributed by atoms with Crippen LogP contribution in [0.3, 0.4) is 0 Å². The second-order valence-electron chi connectivity index (χ2n) is 12.6. The minimum Gasteiger partial charge on any atom is -0.330 e. The molecule has 0 aromatic rings. The SMILES string of the molecule is CCCCCCCCCCCCCCC(N)CCC(N)N(CCCCN)CCCCCCCCCCCCC. The van der Waals surface area contributed by atoms with Gasteiger partial charge >= 0.3 is 0 Å². The third-order valence-electron chi connectivity index (χ3n) is 8.68. The lowest BCUT2D eigenvalue weighted by atomic mass is 10.0. The van der Waals surface area contributed by atoms with Gasteiger partial charge in [0.25, 0.3) is 0 Å². The Morgan fingerprint density at radius 1 is 0.410 bits per heavy atom. The van der Waals surface area contributed by atoms with E-state index in [9.17, 15) is 0 Å². The smallest absolute Gasteiger partial charge is 0.0572 e. The van der Waals surface area contributed by atoms with Gasteiger partial charge in [-0.15, -0.1) is 0 Å². The Hall–Kier alpha value is -0.160. The lowest BCUT2D eigenvalue weighted by molar-refractivity contribution is 0.178. The zero-order valence-electron chi connectivity index (χ0n) is 27.3. The third-order valence-corrected chi connectivity index (χ3v) is 8.68. The summed E-state index contributed by atoms with van der Waals surface area (Å²) in [4.78, 5) is 2.53. The van der Waals surface area contributed by atoms with Crippen molar-refractivity contribution in [2.45, 2.75) is 206 Å². The highest BCUT2D eigenvalue weighted by atomic mass is 15.2. The molecule has 0 heterocycles. The van der Waals surface area contributed by atoms with Crippen LogP contribution in [0.15, 0.2) is 0 Å². The molecule has 4 heteroatoms. The highest BCUT2D eigenvalue weighted by molar-refractivity contribution is 4.71. The summed E-state index contributed by atoms with van der Waals surface area (Å²) in [6.45, 7) is 7.59. The van der Waals surface area contributed by atoms with Crippen molar-refractivity contribution < 1.29 is 0 Å². The van der Waals surface area contributed by atoms with Crippen molar-refractivity contribution in [2.75, 3.05) is 19.6 Å². The van der Waals surface area contributed by atoms with Crippen molar-refractivity contribution >= 4 is 0 Å². The monoisotopic (exact) mass is 553 g/mol. The lowest BCUT2D eigenvalue weighted by Gasteiger charge is -2.30. The van der Waals surface area contributed by atoms with E-state index in [2.05, 4.69) is 18.7 Å². The quantitative estimate of drug-likeness (QED) is 0.0559. The Kier molecular flexibility index (Phi) is 32.2. The molecule has 0 fully saturated rings. The molecule has 0 bridgehead atoms. The van der Waals surface area contributed by atoms with E-state index in [1.54, 1.807) is 0 Å². The maximum absolute atomic E-state index is 6.69. The van der Waals surface area contributed by atoms with Gasteiger partial charge in [-0.25, -0.2) is 0 Å². The molecule has 0 amide bonds. The number of nitrogens with zero attached hydrogens (tertiary/aromatic N) is 1. The normalized spacial score (nSPS) is 13.4. The van der Waals surface area contributed by atoms with Crippen molar-refractivity contribution in [3.63, 3.8) is 0 Å². The van der Waals surface area contributed by atoms with Gasteiger partial charge in [0.05, 0.1) is 6.17 Å². The van der Waals surface area contributed by atoms with E-state index in [4.69, 9.17) is 17.2 Å². The zero-order chi connectivity index (χ0) is 28.7. The van der Waals surface area contributed by atoms with Crippen LogP contribution >= 0.6 is 0 Å². The molecule has 0 aliphatic rings. The number of hydrogen-bond acceptors (Lipinski definition) is 4. The summed E-state index contributed by atoms with van der Waals surface area (Å²) in [6.07, 6.45) is 37.8. The lowest BCUT2D eigenvalue weighted by Crippen LogP contribution is -2.44. The first-order valence-electron chi connectivity index (χ1n) is 18.1. The Morgan fingerprint density at radius 2 is 0.769 bits per heavy atom. The largest absolute Gasteiger partial charge is 0.330 e. The fourth-order valence-corrected chi connectivity index (χ4v) is 5.84. The first-order chi connectivity index (χ1) is 19.2. The molecule has 236 valence electrons. The molecule has 6 N–H and O–H groups in total. The Morgan fingerprint density at radius 3 is 1.18 bits per heavy atom. The molecule has 0 spiro atoms. The van der Waals surface area contributed by atoms with Gasteiger partial charge in [-0.3, -0.25) is 4.90 Å². The summed E-state index contributed by atoms with van der Waals surface area (Å²) in [6, 6.07) is 0.312. The van der Waals surface area contributed by atoms with Gasteiger partial charge in [0.2, 0.25) is 0 Å². The number of rotatable bonds is 33. The summed E-state index contributed by atoms with van der Waals surface area (Å²) >= 11 is 0. The van der Waals surface area contributed by atoms with Crippen LogP contribution in [0.5, 0.6) is 0 Å². The van der Waals surface area contributed by atoms with Gasteiger partial charge in [0.1, 0.15) is 0 Å². The fraction of sp³-hybridized carbons (Fsp3) is 1.00. The van der Waals surface area contributed by atoms with Gasteiger partial charge in [-0.1, -0.05) is 155 Å². The van der Waals surface area contributed by atoms with Gasteiger partial charge in [0.15, 0.2) is 0 Å². The third kappa shape index (κ3) is 29.1. The van der Waals surface area contributed by atoms with Crippen molar-refractivity contribution in [3.05, 3.63) is 0 Å². The molecular formula is C35H76N4. The minimum atomic E-state index is 0.152. The maximum Gasteiger partial charge on any atom is 0.0572 e. The van der Waals surface area contributed by atoms with E-state index in [-0.39, 0.29) is 6.17 Å². The molecule has 0 aromatic carbocycles. The van der Waals surface area contributed by atoms with E-state index in [0.29, 0.717) is 6.04 Å². The summed E-state index contributed by atoms with van der Waals surface area (Å²) in [5, 5.41) is 0. The Balaban J connectivity index is 3.84. The highest BCUT2D eigenvalue weighted by Gasteiger charge is 2.15. The fourth-order valence-electron chi connectivity index (χ4n) is 5.84. The number of nitrogens with two attached hydrogens (primary N) is 3. The molecule has 0 rings (SSSR count). The molecule has 0 aliphatic carbocycles. The van der Waals surface area contributed by atoms with Gasteiger partial charge in [-0.05, 0) is 58.2 Å². The molecule has 39 heavy (non-hydrogen) atoms. The second-order valence-corrected chi connectivity index (χ2v) is 12.6. The number of hydrogen-bond donors (Lipinski definition) is 3. The van der Waals surface area contributed by atoms with Gasteiger partial charge in [-0.2, -0.15) is 0 Å². The summed E-state index contributed by atoms with van der Waals surface area (Å²) in [5.74, 6) is 0. The van der Waals surface area contributed by atoms with E-state index in [0.717, 1.165) is 51.7 Å². The Bertz CT molecular complexity index is 444. The standard InChI is InChI=1S/C35H76N4/c1-3-5-7-9-11-13-15-16-18-20-22-24-28-34(37)29-30-35(38)39(33-27-25-31-36)32-26-23-21-19-17-14-12-10-8-6-4-2/h34-35H,3-33,36-38H2,1-2H3. The van der Waals surface area contributed by atoms with Crippen LogP contribution in [0.2, 0.25) is 0 Å². The predicted molar refractivity (Wildman–Crippen MR) is 177 cm³/mol. The summed E-state index contributed by atoms with van der Waals surface area (Å²) < 4.78 is 0. The van der Waals surface area contributed by atoms with Crippen LogP contribution < -0.4 is 17.2 Å². The zero-order valence-corrected chi connectivity index (χ0v) is 27.3. The summed E-state index contributed by atoms with van der Waals surface area (Å²) in [7, 11) is 0. The molecule has 4 nitrogen and oxygen atoms in total. The van der Waals surface area contributed by atoms with Crippen LogP contribution in [0.1, 0.15) is 194 Å². The van der Waals surface area contributed by atoms with Crippen LogP contribution in [0.25, 0.3) is 0 Å². The van der Waals surface area contributed by atoms with E-state index < -0.39 is 0 Å². The molecule has 0 saturated heterocycles. The molecule has 2 atom stereocenters. The molecular weight excluding hydrogens is 476 g/mol. The average molecular weight is 553 g/mol. The summed E-state index contributed by atoms with van der Waals surface area (Å²) in [5.41, 5.74) is 18.9.